The molecule has 1 aromatic heterocycles. The number of hydrogen-bond donors (Lipinski definition) is 1. The number of Topliss-reactive ketones (excluding diaryl/α,β-unsaturated/α-hetero) is 1. The van der Waals surface area contributed by atoms with Crippen LogP contribution in [0.5, 0.6) is 0 Å². The number of hydrogen-bond acceptors (Lipinski definition) is 3. The second kappa shape index (κ2) is 3.50. The zero-order chi connectivity index (χ0) is 10.0. The van der Waals surface area contributed by atoms with Crippen molar-refractivity contribution in [2.45, 2.75) is 31.2 Å². The maximum absolute atomic E-state index is 12.0. The van der Waals surface area contributed by atoms with Crippen molar-refractivity contribution >= 4 is 5.78 Å². The van der Waals surface area contributed by atoms with Crippen LogP contribution >= 0.6 is 0 Å². The van der Waals surface area contributed by atoms with E-state index < -0.39 is 5.54 Å². The maximum Gasteiger partial charge on any atom is 0.184 e. The Morgan fingerprint density at radius 1 is 1.43 bits per heavy atom. The molecule has 3 heteroatoms. The first kappa shape index (κ1) is 9.34. The molecule has 14 heavy (non-hydrogen) atoms. The zero-order valence-corrected chi connectivity index (χ0v) is 8.07. The molecule has 74 valence electrons. The van der Waals surface area contributed by atoms with E-state index in [9.17, 15) is 4.79 Å². The lowest BCUT2D eigenvalue weighted by Gasteiger charge is -2.21. The second-order valence-electron chi connectivity index (χ2n) is 3.93. The van der Waals surface area contributed by atoms with Gasteiger partial charge in [-0.3, -0.25) is 9.78 Å². The molecule has 0 aliphatic heterocycles. The lowest BCUT2D eigenvalue weighted by atomic mass is 9.89. The number of nitrogens with two attached hydrogens (primary N) is 1. The van der Waals surface area contributed by atoms with Gasteiger partial charge >= 0.3 is 0 Å². The molecule has 0 aromatic carbocycles. The molecule has 1 aliphatic carbocycles. The summed E-state index contributed by atoms with van der Waals surface area (Å²) < 4.78 is 0. The van der Waals surface area contributed by atoms with Gasteiger partial charge in [0, 0.05) is 18.0 Å². The van der Waals surface area contributed by atoms with Crippen molar-refractivity contribution in [3.8, 4) is 0 Å². The predicted molar refractivity (Wildman–Crippen MR) is 54.0 cm³/mol. The van der Waals surface area contributed by atoms with Crippen LogP contribution in [-0.4, -0.2) is 16.3 Å². The van der Waals surface area contributed by atoms with Crippen molar-refractivity contribution in [3.05, 3.63) is 30.1 Å². The third-order valence-corrected chi connectivity index (χ3v) is 2.87. The fraction of sp³-hybridized carbons (Fsp3) is 0.455. The Bertz CT molecular complexity index is 328. The summed E-state index contributed by atoms with van der Waals surface area (Å²) in [5.74, 6) is 0.0445. The fourth-order valence-electron chi connectivity index (χ4n) is 2.02. The van der Waals surface area contributed by atoms with Gasteiger partial charge in [-0.05, 0) is 25.0 Å². The Hall–Kier alpha value is -1.22. The molecule has 0 saturated heterocycles. The number of pyridine rings is 1. The fourth-order valence-corrected chi connectivity index (χ4v) is 2.02. The molecule has 0 unspecified atom stereocenters. The molecule has 1 saturated carbocycles. The molecule has 2 N–H and O–H groups in total. The normalized spacial score (nSPS) is 19.5. The first-order valence-electron chi connectivity index (χ1n) is 4.96. The van der Waals surface area contributed by atoms with Gasteiger partial charge in [0.15, 0.2) is 5.78 Å². The van der Waals surface area contributed by atoms with Gasteiger partial charge in [0.25, 0.3) is 0 Å². The SMILES string of the molecule is NC1(C(=O)c2cccnc2)CCCC1. The summed E-state index contributed by atoms with van der Waals surface area (Å²) in [7, 11) is 0. The van der Waals surface area contributed by atoms with E-state index in [2.05, 4.69) is 4.98 Å². The van der Waals surface area contributed by atoms with Crippen molar-refractivity contribution in [1.82, 2.24) is 4.98 Å². The first-order chi connectivity index (χ1) is 6.72. The van der Waals surface area contributed by atoms with Crippen molar-refractivity contribution in [3.63, 3.8) is 0 Å². The molecular weight excluding hydrogens is 176 g/mol. The molecular formula is C11H14N2O. The Kier molecular flexibility index (Phi) is 2.33. The number of aromatic nitrogens is 1. The van der Waals surface area contributed by atoms with Crippen LogP contribution in [0.1, 0.15) is 36.0 Å². The Morgan fingerprint density at radius 2 is 2.14 bits per heavy atom. The van der Waals surface area contributed by atoms with E-state index in [0.29, 0.717) is 5.56 Å². The molecule has 1 fully saturated rings. The number of rotatable bonds is 2. The van der Waals surface area contributed by atoms with E-state index in [1.54, 1.807) is 24.5 Å². The second-order valence-corrected chi connectivity index (χ2v) is 3.93. The number of ketones is 1. The van der Waals surface area contributed by atoms with Gasteiger partial charge in [-0.1, -0.05) is 12.8 Å². The quantitative estimate of drug-likeness (QED) is 0.719. The Labute approximate surface area is 83.3 Å². The largest absolute Gasteiger partial charge is 0.319 e. The predicted octanol–water partition coefficient (Wildman–Crippen LogP) is 1.54. The molecule has 1 aromatic rings. The van der Waals surface area contributed by atoms with Gasteiger partial charge in [-0.15, -0.1) is 0 Å². The molecule has 1 aliphatic rings. The van der Waals surface area contributed by atoms with Crippen LogP contribution in [0, 0.1) is 0 Å². The Morgan fingerprint density at radius 3 is 2.71 bits per heavy atom. The molecule has 3 nitrogen and oxygen atoms in total. The highest BCUT2D eigenvalue weighted by Gasteiger charge is 2.37. The molecule has 2 rings (SSSR count). The van der Waals surface area contributed by atoms with Crippen molar-refractivity contribution in [2.24, 2.45) is 5.73 Å². The standard InChI is InChI=1S/C11H14N2O/c12-11(5-1-2-6-11)10(14)9-4-3-7-13-8-9/h3-4,7-8H,1-2,5-6,12H2. The zero-order valence-electron chi connectivity index (χ0n) is 8.07. The molecule has 0 radical (unpaired) electrons. The third kappa shape index (κ3) is 1.55. The van der Waals surface area contributed by atoms with Crippen LogP contribution in [0.15, 0.2) is 24.5 Å². The minimum Gasteiger partial charge on any atom is -0.319 e. The highest BCUT2D eigenvalue weighted by atomic mass is 16.1. The van der Waals surface area contributed by atoms with Crippen LogP contribution in [0.3, 0.4) is 0 Å². The molecule has 0 spiro atoms. The minimum absolute atomic E-state index is 0.0445. The summed E-state index contributed by atoms with van der Waals surface area (Å²) in [5, 5.41) is 0. The maximum atomic E-state index is 12.0. The average Bonchev–Trinajstić information content (AvgIpc) is 2.67. The number of carbonyl (C=O) groups excluding carboxylic acids is 1. The summed E-state index contributed by atoms with van der Waals surface area (Å²) in [4.78, 5) is 15.9. The first-order valence-corrected chi connectivity index (χ1v) is 4.96. The van der Waals surface area contributed by atoms with Crippen molar-refractivity contribution in [2.75, 3.05) is 0 Å². The third-order valence-electron chi connectivity index (χ3n) is 2.87. The van der Waals surface area contributed by atoms with E-state index in [4.69, 9.17) is 5.73 Å². The minimum atomic E-state index is -0.622. The monoisotopic (exact) mass is 190 g/mol. The van der Waals surface area contributed by atoms with E-state index in [1.165, 1.54) is 0 Å². The van der Waals surface area contributed by atoms with E-state index in [1.807, 2.05) is 0 Å². The van der Waals surface area contributed by atoms with Gasteiger partial charge in [0.2, 0.25) is 0 Å². The van der Waals surface area contributed by atoms with Crippen LogP contribution in [0.25, 0.3) is 0 Å². The molecule has 0 amide bonds. The van der Waals surface area contributed by atoms with Gasteiger partial charge in [-0.25, -0.2) is 0 Å². The van der Waals surface area contributed by atoms with Gasteiger partial charge in [-0.2, -0.15) is 0 Å². The lowest BCUT2D eigenvalue weighted by molar-refractivity contribution is 0.0891. The van der Waals surface area contributed by atoms with E-state index in [0.717, 1.165) is 25.7 Å². The number of nitrogens with zero attached hydrogens (tertiary/aromatic N) is 1. The molecule has 0 bridgehead atoms. The van der Waals surface area contributed by atoms with Gasteiger partial charge in [0.1, 0.15) is 0 Å². The van der Waals surface area contributed by atoms with Crippen molar-refractivity contribution < 1.29 is 4.79 Å². The summed E-state index contributed by atoms with van der Waals surface area (Å²) in [6.45, 7) is 0. The highest BCUT2D eigenvalue weighted by molar-refractivity contribution is 6.03. The molecule has 1 heterocycles. The molecule has 0 atom stereocenters. The van der Waals surface area contributed by atoms with Crippen LogP contribution in [0.4, 0.5) is 0 Å². The Balaban J connectivity index is 2.24. The van der Waals surface area contributed by atoms with E-state index in [-0.39, 0.29) is 5.78 Å². The van der Waals surface area contributed by atoms with Crippen LogP contribution in [0.2, 0.25) is 0 Å². The lowest BCUT2D eigenvalue weighted by Crippen LogP contribution is -2.45. The van der Waals surface area contributed by atoms with Crippen LogP contribution in [-0.2, 0) is 0 Å². The van der Waals surface area contributed by atoms with Crippen LogP contribution < -0.4 is 5.73 Å². The van der Waals surface area contributed by atoms with Gasteiger partial charge in [0.05, 0.1) is 5.54 Å². The topological polar surface area (TPSA) is 56.0 Å². The summed E-state index contributed by atoms with van der Waals surface area (Å²) >= 11 is 0. The summed E-state index contributed by atoms with van der Waals surface area (Å²) in [6.07, 6.45) is 6.98. The van der Waals surface area contributed by atoms with Gasteiger partial charge < -0.3 is 5.73 Å². The summed E-state index contributed by atoms with van der Waals surface area (Å²) in [6, 6.07) is 3.55. The van der Waals surface area contributed by atoms with Crippen molar-refractivity contribution in [1.29, 1.82) is 0 Å². The van der Waals surface area contributed by atoms with E-state index >= 15 is 0 Å². The highest BCUT2D eigenvalue weighted by Crippen LogP contribution is 2.30. The smallest absolute Gasteiger partial charge is 0.184 e. The number of carbonyl (C=O) groups is 1. The summed E-state index contributed by atoms with van der Waals surface area (Å²) in [5.41, 5.74) is 6.07. The average molecular weight is 190 g/mol.